The van der Waals surface area contributed by atoms with Crippen LogP contribution in [-0.2, 0) is 9.59 Å². The fourth-order valence-electron chi connectivity index (χ4n) is 5.99. The molecule has 2 heterocycles. The summed E-state index contributed by atoms with van der Waals surface area (Å²) in [5.41, 5.74) is 7.00. The van der Waals surface area contributed by atoms with Crippen LogP contribution in [0.25, 0.3) is 11.3 Å². The average Bonchev–Trinajstić information content (AvgIpc) is 3.37. The number of carbonyl (C=O) groups excluding carboxylic acids is 2. The molecule has 0 spiro atoms. The third kappa shape index (κ3) is 2.53. The van der Waals surface area contributed by atoms with Gasteiger partial charge in [-0.15, -0.1) is 11.3 Å². The highest BCUT2D eigenvalue weighted by atomic mass is 32.1. The van der Waals surface area contributed by atoms with Crippen molar-refractivity contribution in [2.24, 2.45) is 23.7 Å². The number of amides is 2. The molecule has 1 aliphatic heterocycles. The molecule has 0 N–H and O–H groups in total. The van der Waals surface area contributed by atoms with E-state index in [1.807, 2.05) is 6.92 Å². The van der Waals surface area contributed by atoms with Gasteiger partial charge in [0.2, 0.25) is 11.8 Å². The molecule has 29 heavy (non-hydrogen) atoms. The monoisotopic (exact) mass is 406 g/mol. The Hall–Kier alpha value is -2.27. The lowest BCUT2D eigenvalue weighted by atomic mass is 9.81. The summed E-state index contributed by atoms with van der Waals surface area (Å²) < 4.78 is 0. The van der Waals surface area contributed by atoms with E-state index in [-0.39, 0.29) is 35.5 Å². The van der Waals surface area contributed by atoms with Gasteiger partial charge in [0.1, 0.15) is 0 Å². The number of aromatic nitrogens is 1. The Kier molecular flexibility index (Phi) is 4.11. The standard InChI is InChI=1S/C24H26N2O2S/c1-11(2)18-16-8-9-17(18)20-19(16)22(27)26(23(20)28)24-25-21(14(5)29-24)15-7-6-12(3)10-13(15)4/h6-7,10,16-17,19-20H,8-9H2,1-5H3/t16-,17-,19-,20-/m1/s1. The van der Waals surface area contributed by atoms with Gasteiger partial charge in [-0.3, -0.25) is 9.59 Å². The van der Waals surface area contributed by atoms with E-state index in [0.717, 1.165) is 34.5 Å². The van der Waals surface area contributed by atoms with E-state index in [1.54, 1.807) is 0 Å². The van der Waals surface area contributed by atoms with Gasteiger partial charge in [-0.1, -0.05) is 34.9 Å². The topological polar surface area (TPSA) is 50.3 Å². The third-order valence-electron chi connectivity index (χ3n) is 7.04. The summed E-state index contributed by atoms with van der Waals surface area (Å²) in [7, 11) is 0. The molecule has 4 atom stereocenters. The number of aryl methyl sites for hydroxylation is 3. The number of nitrogens with zero attached hydrogens (tertiary/aromatic N) is 2. The highest BCUT2D eigenvalue weighted by Crippen LogP contribution is 2.60. The van der Waals surface area contributed by atoms with Crippen molar-refractivity contribution < 1.29 is 9.59 Å². The molecule has 1 aromatic carbocycles. The molecule has 2 aliphatic carbocycles. The molecule has 150 valence electrons. The second-order valence-electron chi connectivity index (χ2n) is 9.03. The lowest BCUT2D eigenvalue weighted by Crippen LogP contribution is -2.33. The first kappa shape index (κ1) is 18.7. The van der Waals surface area contributed by atoms with Crippen molar-refractivity contribution in [2.75, 3.05) is 4.90 Å². The fourth-order valence-corrected chi connectivity index (χ4v) is 6.92. The van der Waals surface area contributed by atoms with Gasteiger partial charge in [0, 0.05) is 10.4 Å². The van der Waals surface area contributed by atoms with Gasteiger partial charge in [-0.05, 0) is 64.9 Å². The lowest BCUT2D eigenvalue weighted by molar-refractivity contribution is -0.123. The van der Waals surface area contributed by atoms with Crippen molar-refractivity contribution in [1.82, 2.24) is 4.98 Å². The molecule has 2 saturated carbocycles. The number of carbonyl (C=O) groups is 2. The largest absolute Gasteiger partial charge is 0.274 e. The number of benzene rings is 1. The zero-order chi connectivity index (χ0) is 20.6. The Morgan fingerprint density at radius 3 is 2.21 bits per heavy atom. The van der Waals surface area contributed by atoms with Crippen LogP contribution in [0.15, 0.2) is 29.3 Å². The van der Waals surface area contributed by atoms with Gasteiger partial charge < -0.3 is 0 Å². The Labute approximate surface area is 175 Å². The maximum Gasteiger partial charge on any atom is 0.240 e. The number of rotatable bonds is 2. The van der Waals surface area contributed by atoms with Gasteiger partial charge in [-0.25, -0.2) is 9.88 Å². The number of thiazole rings is 1. The van der Waals surface area contributed by atoms with E-state index in [0.29, 0.717) is 5.13 Å². The summed E-state index contributed by atoms with van der Waals surface area (Å²) in [6, 6.07) is 6.30. The van der Waals surface area contributed by atoms with Gasteiger partial charge >= 0.3 is 0 Å². The molecule has 3 fully saturated rings. The maximum atomic E-state index is 13.4. The third-order valence-corrected chi connectivity index (χ3v) is 8.00. The van der Waals surface area contributed by atoms with E-state index in [2.05, 4.69) is 45.9 Å². The summed E-state index contributed by atoms with van der Waals surface area (Å²) >= 11 is 1.46. The van der Waals surface area contributed by atoms with Gasteiger partial charge in [0.25, 0.3) is 0 Å². The number of allylic oxidation sites excluding steroid dienone is 2. The van der Waals surface area contributed by atoms with E-state index in [1.165, 1.54) is 32.9 Å². The predicted molar refractivity (Wildman–Crippen MR) is 116 cm³/mol. The minimum Gasteiger partial charge on any atom is -0.274 e. The van der Waals surface area contributed by atoms with Crippen molar-refractivity contribution >= 4 is 28.3 Å². The molecule has 5 rings (SSSR count). The molecular weight excluding hydrogens is 380 g/mol. The smallest absolute Gasteiger partial charge is 0.240 e. The summed E-state index contributed by atoms with van der Waals surface area (Å²) in [6.45, 7) is 10.4. The predicted octanol–water partition coefficient (Wildman–Crippen LogP) is 5.22. The van der Waals surface area contributed by atoms with Crippen LogP contribution in [0.4, 0.5) is 5.13 Å². The average molecular weight is 407 g/mol. The van der Waals surface area contributed by atoms with Crippen LogP contribution >= 0.6 is 11.3 Å². The first-order chi connectivity index (χ1) is 13.8. The van der Waals surface area contributed by atoms with Crippen LogP contribution in [0.1, 0.15) is 42.7 Å². The normalized spacial score (nSPS) is 27.9. The lowest BCUT2D eigenvalue weighted by Gasteiger charge is -2.18. The Morgan fingerprint density at radius 2 is 1.66 bits per heavy atom. The molecule has 3 aliphatic rings. The minimum absolute atomic E-state index is 0.0353. The summed E-state index contributed by atoms with van der Waals surface area (Å²) in [4.78, 5) is 34.0. The second-order valence-corrected chi connectivity index (χ2v) is 10.2. The summed E-state index contributed by atoms with van der Waals surface area (Å²) in [5.74, 6) is 0.0613. The minimum atomic E-state index is -0.181. The fraction of sp³-hybridized carbons (Fsp3) is 0.458. The molecule has 4 nitrogen and oxygen atoms in total. The van der Waals surface area contributed by atoms with E-state index in [4.69, 9.17) is 4.98 Å². The quantitative estimate of drug-likeness (QED) is 0.508. The van der Waals surface area contributed by atoms with Crippen LogP contribution < -0.4 is 4.90 Å². The van der Waals surface area contributed by atoms with Crippen LogP contribution in [0.5, 0.6) is 0 Å². The molecule has 2 bridgehead atoms. The van der Waals surface area contributed by atoms with E-state index in [9.17, 15) is 9.59 Å². The Balaban J connectivity index is 1.53. The van der Waals surface area contributed by atoms with Crippen molar-refractivity contribution in [3.8, 4) is 11.3 Å². The highest BCUT2D eigenvalue weighted by Gasteiger charge is 2.64. The van der Waals surface area contributed by atoms with Crippen molar-refractivity contribution in [3.63, 3.8) is 0 Å². The van der Waals surface area contributed by atoms with Crippen molar-refractivity contribution in [3.05, 3.63) is 45.3 Å². The number of hydrogen-bond donors (Lipinski definition) is 0. The van der Waals surface area contributed by atoms with Crippen LogP contribution in [0.2, 0.25) is 0 Å². The van der Waals surface area contributed by atoms with Crippen molar-refractivity contribution in [1.29, 1.82) is 0 Å². The first-order valence-electron chi connectivity index (χ1n) is 10.4. The molecule has 2 amide bonds. The maximum absolute atomic E-state index is 13.4. The molecule has 1 aromatic heterocycles. The number of imide groups is 1. The van der Waals surface area contributed by atoms with E-state index >= 15 is 0 Å². The molecule has 1 saturated heterocycles. The number of hydrogen-bond acceptors (Lipinski definition) is 4. The Bertz CT molecular complexity index is 1060. The molecule has 2 aromatic rings. The van der Waals surface area contributed by atoms with Gasteiger partial charge in [0.15, 0.2) is 5.13 Å². The SMILES string of the molecule is CC(C)=C1[C@H]2CC[C@H]1[C@H]1C(=O)N(c3nc(-c4ccc(C)cc4C)c(C)s3)C(=O)[C@@H]12. The zero-order valence-electron chi connectivity index (χ0n) is 17.6. The number of anilines is 1. The van der Waals surface area contributed by atoms with Crippen LogP contribution in [0, 0.1) is 44.4 Å². The van der Waals surface area contributed by atoms with Gasteiger partial charge in [0.05, 0.1) is 17.5 Å². The second kappa shape index (κ2) is 6.36. The number of fused-ring (bicyclic) bond motifs is 5. The molecular formula is C24H26N2O2S. The first-order valence-corrected chi connectivity index (χ1v) is 11.2. The summed E-state index contributed by atoms with van der Waals surface area (Å²) in [6.07, 6.45) is 2.06. The van der Waals surface area contributed by atoms with Crippen LogP contribution in [0.3, 0.4) is 0 Å². The Morgan fingerprint density at radius 1 is 1.03 bits per heavy atom. The van der Waals surface area contributed by atoms with Crippen LogP contribution in [-0.4, -0.2) is 16.8 Å². The molecule has 0 radical (unpaired) electrons. The zero-order valence-corrected chi connectivity index (χ0v) is 18.4. The summed E-state index contributed by atoms with van der Waals surface area (Å²) in [5, 5.41) is 0.542. The molecule has 5 heteroatoms. The highest BCUT2D eigenvalue weighted by molar-refractivity contribution is 7.16. The van der Waals surface area contributed by atoms with E-state index < -0.39 is 0 Å². The van der Waals surface area contributed by atoms with Crippen molar-refractivity contribution in [2.45, 2.75) is 47.5 Å². The van der Waals surface area contributed by atoms with Gasteiger partial charge in [-0.2, -0.15) is 0 Å². The molecule has 0 unspecified atom stereocenters.